The van der Waals surface area contributed by atoms with Crippen LogP contribution in [0.15, 0.2) is 47.5 Å². The Morgan fingerprint density at radius 2 is 1.87 bits per heavy atom. The molecule has 1 heterocycles. The molecule has 122 valence electrons. The van der Waals surface area contributed by atoms with Gasteiger partial charge < -0.3 is 5.32 Å². The number of alkyl halides is 3. The summed E-state index contributed by atoms with van der Waals surface area (Å²) >= 11 is 0. The van der Waals surface area contributed by atoms with E-state index in [2.05, 4.69) is 10.3 Å². The number of amides is 1. The van der Waals surface area contributed by atoms with Gasteiger partial charge in [0.05, 0.1) is 10.5 Å². The second-order valence-corrected chi connectivity index (χ2v) is 6.67. The molecule has 0 saturated carbocycles. The van der Waals surface area contributed by atoms with Crippen LogP contribution in [0.3, 0.4) is 0 Å². The Kier molecular flexibility index (Phi) is 4.42. The standard InChI is InChI=1S/C14H11F3N2O3S/c1-23(21,22)10-5-2-4-9(8-10)19-13(20)11-6-3-7-18-12(11)14(15,16)17/h2-8H,1H3,(H,19,20). The van der Waals surface area contributed by atoms with E-state index in [-0.39, 0.29) is 10.6 Å². The van der Waals surface area contributed by atoms with Gasteiger partial charge in [-0.1, -0.05) is 6.07 Å². The molecule has 1 aromatic heterocycles. The van der Waals surface area contributed by atoms with Crippen molar-refractivity contribution >= 4 is 21.4 Å². The predicted molar refractivity (Wildman–Crippen MR) is 76.7 cm³/mol. The second-order valence-electron chi connectivity index (χ2n) is 4.65. The van der Waals surface area contributed by atoms with Gasteiger partial charge in [0, 0.05) is 18.1 Å². The zero-order valence-corrected chi connectivity index (χ0v) is 12.6. The van der Waals surface area contributed by atoms with E-state index in [4.69, 9.17) is 0 Å². The average molecular weight is 344 g/mol. The molecule has 1 N–H and O–H groups in total. The maximum absolute atomic E-state index is 12.8. The van der Waals surface area contributed by atoms with Gasteiger partial charge in [0.15, 0.2) is 15.5 Å². The van der Waals surface area contributed by atoms with E-state index in [9.17, 15) is 26.4 Å². The summed E-state index contributed by atoms with van der Waals surface area (Å²) in [5, 5.41) is 2.24. The summed E-state index contributed by atoms with van der Waals surface area (Å²) in [5.41, 5.74) is -1.89. The number of halogens is 3. The Bertz CT molecular complexity index is 848. The van der Waals surface area contributed by atoms with Crippen LogP contribution in [0.2, 0.25) is 0 Å². The summed E-state index contributed by atoms with van der Waals surface area (Å²) in [4.78, 5) is 15.2. The van der Waals surface area contributed by atoms with Crippen molar-refractivity contribution in [1.29, 1.82) is 0 Å². The van der Waals surface area contributed by atoms with Crippen molar-refractivity contribution in [1.82, 2.24) is 4.98 Å². The molecular formula is C14H11F3N2O3S. The summed E-state index contributed by atoms with van der Waals surface area (Å²) in [7, 11) is -3.50. The van der Waals surface area contributed by atoms with Gasteiger partial charge in [-0.15, -0.1) is 0 Å². The lowest BCUT2D eigenvalue weighted by Crippen LogP contribution is -2.20. The quantitative estimate of drug-likeness (QED) is 0.929. The van der Waals surface area contributed by atoms with Crippen molar-refractivity contribution in [3.05, 3.63) is 53.9 Å². The number of aromatic nitrogens is 1. The lowest BCUT2D eigenvalue weighted by molar-refractivity contribution is -0.141. The minimum absolute atomic E-state index is 0.0578. The summed E-state index contributed by atoms with van der Waals surface area (Å²) in [6, 6.07) is 7.42. The third-order valence-electron chi connectivity index (χ3n) is 2.84. The molecule has 0 fully saturated rings. The van der Waals surface area contributed by atoms with E-state index < -0.39 is 33.2 Å². The molecule has 0 bridgehead atoms. The maximum Gasteiger partial charge on any atom is 0.434 e. The SMILES string of the molecule is CS(=O)(=O)c1cccc(NC(=O)c2cccnc2C(F)(F)F)c1. The third-order valence-corrected chi connectivity index (χ3v) is 3.95. The normalized spacial score (nSPS) is 12.0. The van der Waals surface area contributed by atoms with Crippen LogP contribution in [0.1, 0.15) is 16.1 Å². The van der Waals surface area contributed by atoms with Crippen LogP contribution >= 0.6 is 0 Å². The minimum atomic E-state index is -4.78. The zero-order chi connectivity index (χ0) is 17.3. The lowest BCUT2D eigenvalue weighted by Gasteiger charge is -2.12. The maximum atomic E-state index is 12.8. The van der Waals surface area contributed by atoms with E-state index >= 15 is 0 Å². The first-order valence-electron chi connectivity index (χ1n) is 6.23. The first-order chi connectivity index (χ1) is 10.6. The van der Waals surface area contributed by atoms with Crippen molar-refractivity contribution in [2.45, 2.75) is 11.1 Å². The van der Waals surface area contributed by atoms with E-state index in [1.165, 1.54) is 24.3 Å². The van der Waals surface area contributed by atoms with Gasteiger partial charge in [-0.2, -0.15) is 13.2 Å². The van der Waals surface area contributed by atoms with Crippen molar-refractivity contribution < 1.29 is 26.4 Å². The van der Waals surface area contributed by atoms with Gasteiger partial charge >= 0.3 is 6.18 Å². The highest BCUT2D eigenvalue weighted by molar-refractivity contribution is 7.90. The highest BCUT2D eigenvalue weighted by Crippen LogP contribution is 2.30. The monoisotopic (exact) mass is 344 g/mol. The molecule has 2 aromatic rings. The van der Waals surface area contributed by atoms with Gasteiger partial charge in [0.25, 0.3) is 5.91 Å². The smallest absolute Gasteiger partial charge is 0.322 e. The molecule has 0 spiro atoms. The van der Waals surface area contributed by atoms with Gasteiger partial charge in [0.2, 0.25) is 0 Å². The fraction of sp³-hybridized carbons (Fsp3) is 0.143. The van der Waals surface area contributed by atoms with Gasteiger partial charge in [-0.05, 0) is 30.3 Å². The number of hydrogen-bond donors (Lipinski definition) is 1. The number of hydrogen-bond acceptors (Lipinski definition) is 4. The second kappa shape index (κ2) is 5.99. The number of rotatable bonds is 3. The number of sulfone groups is 1. The molecule has 0 aliphatic carbocycles. The molecule has 0 aliphatic rings. The number of carbonyl (C=O) groups excluding carboxylic acids is 1. The Morgan fingerprint density at radius 3 is 2.48 bits per heavy atom. The number of anilines is 1. The third kappa shape index (κ3) is 4.07. The molecule has 0 atom stereocenters. The number of pyridine rings is 1. The number of carbonyl (C=O) groups is 1. The number of nitrogens with zero attached hydrogens (tertiary/aromatic N) is 1. The zero-order valence-electron chi connectivity index (χ0n) is 11.8. The Balaban J connectivity index is 2.35. The van der Waals surface area contributed by atoms with Gasteiger partial charge in [-0.3, -0.25) is 9.78 Å². The lowest BCUT2D eigenvalue weighted by atomic mass is 10.1. The van der Waals surface area contributed by atoms with Crippen molar-refractivity contribution in [2.24, 2.45) is 0 Å². The molecule has 5 nitrogen and oxygen atoms in total. The van der Waals surface area contributed by atoms with Crippen molar-refractivity contribution in [3.63, 3.8) is 0 Å². The Morgan fingerprint density at radius 1 is 1.17 bits per heavy atom. The van der Waals surface area contributed by atoms with Crippen LogP contribution in [-0.2, 0) is 16.0 Å². The predicted octanol–water partition coefficient (Wildman–Crippen LogP) is 2.76. The van der Waals surface area contributed by atoms with E-state index in [0.717, 1.165) is 24.6 Å². The van der Waals surface area contributed by atoms with Crippen molar-refractivity contribution in [3.8, 4) is 0 Å². The van der Waals surface area contributed by atoms with Crippen LogP contribution in [-0.4, -0.2) is 25.6 Å². The van der Waals surface area contributed by atoms with E-state index in [1.807, 2.05) is 0 Å². The highest BCUT2D eigenvalue weighted by atomic mass is 32.2. The fourth-order valence-corrected chi connectivity index (χ4v) is 2.48. The summed E-state index contributed by atoms with van der Waals surface area (Å²) < 4.78 is 61.4. The summed E-state index contributed by atoms with van der Waals surface area (Å²) in [6.07, 6.45) is -2.86. The molecule has 0 aliphatic heterocycles. The first-order valence-corrected chi connectivity index (χ1v) is 8.12. The van der Waals surface area contributed by atoms with Crippen molar-refractivity contribution in [2.75, 3.05) is 11.6 Å². The number of benzene rings is 1. The molecule has 0 unspecified atom stereocenters. The summed E-state index contributed by atoms with van der Waals surface area (Å²) in [5.74, 6) is -1.03. The van der Waals surface area contributed by atoms with Crippen LogP contribution in [0.5, 0.6) is 0 Å². The molecule has 9 heteroatoms. The molecule has 0 saturated heterocycles. The van der Waals surface area contributed by atoms with Crippen LogP contribution in [0.25, 0.3) is 0 Å². The van der Waals surface area contributed by atoms with Crippen LogP contribution in [0, 0.1) is 0 Å². The van der Waals surface area contributed by atoms with Gasteiger partial charge in [-0.25, -0.2) is 8.42 Å². The van der Waals surface area contributed by atoms with Crippen LogP contribution < -0.4 is 5.32 Å². The Hall–Kier alpha value is -2.42. The van der Waals surface area contributed by atoms with Crippen LogP contribution in [0.4, 0.5) is 18.9 Å². The van der Waals surface area contributed by atoms with Gasteiger partial charge in [0.1, 0.15) is 0 Å². The molecule has 1 amide bonds. The first kappa shape index (κ1) is 16.9. The minimum Gasteiger partial charge on any atom is -0.322 e. The molecule has 23 heavy (non-hydrogen) atoms. The Labute approximate surface area is 130 Å². The molecule has 1 aromatic carbocycles. The topological polar surface area (TPSA) is 76.1 Å². The van der Waals surface area contributed by atoms with E-state index in [1.54, 1.807) is 0 Å². The number of nitrogens with one attached hydrogen (secondary N) is 1. The largest absolute Gasteiger partial charge is 0.434 e. The highest BCUT2D eigenvalue weighted by Gasteiger charge is 2.36. The average Bonchev–Trinajstić information content (AvgIpc) is 2.46. The fourth-order valence-electron chi connectivity index (χ4n) is 1.82. The molecule has 0 radical (unpaired) electrons. The molecule has 2 rings (SSSR count). The summed E-state index contributed by atoms with van der Waals surface area (Å²) in [6.45, 7) is 0. The molecular weight excluding hydrogens is 333 g/mol. The van der Waals surface area contributed by atoms with E-state index in [0.29, 0.717) is 0 Å².